The van der Waals surface area contributed by atoms with Crippen molar-refractivity contribution in [3.05, 3.63) is 45.4 Å². The minimum atomic E-state index is -0.323. The maximum Gasteiger partial charge on any atom is 0.269 e. The molecule has 1 aromatic carbocycles. The van der Waals surface area contributed by atoms with Gasteiger partial charge < -0.3 is 0 Å². The van der Waals surface area contributed by atoms with Gasteiger partial charge in [0.1, 0.15) is 0 Å². The Morgan fingerprint density at radius 1 is 1.41 bits per heavy atom. The summed E-state index contributed by atoms with van der Waals surface area (Å²) in [6.07, 6.45) is 0.987. The van der Waals surface area contributed by atoms with Gasteiger partial charge in [0.2, 0.25) is 0 Å². The second-order valence-electron chi connectivity index (χ2n) is 4.88. The molecule has 4 nitrogen and oxygen atoms in total. The molecule has 91 valence electrons. The van der Waals surface area contributed by atoms with E-state index in [2.05, 4.69) is 18.7 Å². The third-order valence-corrected chi connectivity index (χ3v) is 3.03. The lowest BCUT2D eigenvalue weighted by molar-refractivity contribution is -0.385. The van der Waals surface area contributed by atoms with E-state index in [1.165, 1.54) is 11.5 Å². The van der Waals surface area contributed by atoms with E-state index in [0.717, 1.165) is 31.6 Å². The van der Waals surface area contributed by atoms with E-state index in [0.29, 0.717) is 0 Å². The molecular weight excluding hydrogens is 216 g/mol. The number of fused-ring (bicyclic) bond motifs is 1. The molecule has 1 aliphatic rings. The Balaban J connectivity index is 2.17. The Hall–Kier alpha value is -1.42. The summed E-state index contributed by atoms with van der Waals surface area (Å²) in [5.74, 6) is 1.37. The highest BCUT2D eigenvalue weighted by Crippen LogP contribution is 2.24. The first-order valence-electron chi connectivity index (χ1n) is 5.84. The van der Waals surface area contributed by atoms with Gasteiger partial charge in [-0.3, -0.25) is 15.0 Å². The molecule has 0 N–H and O–H groups in total. The summed E-state index contributed by atoms with van der Waals surface area (Å²) in [6.45, 7) is 7.06. The number of benzene rings is 1. The fourth-order valence-electron chi connectivity index (χ4n) is 2.30. The Kier molecular flexibility index (Phi) is 3.43. The van der Waals surface area contributed by atoms with Gasteiger partial charge in [-0.2, -0.15) is 0 Å². The van der Waals surface area contributed by atoms with Gasteiger partial charge in [0.15, 0.2) is 0 Å². The van der Waals surface area contributed by atoms with Crippen molar-refractivity contribution in [1.29, 1.82) is 0 Å². The standard InChI is InChI=1S/C13H17N2O2/c1-10(2)8-14-6-5-11-3-4-13(15(16)17)7-12(11)9-14/h3-4,7H,5-6,8-9H2,1-2H3. The molecule has 1 aromatic rings. The second kappa shape index (κ2) is 4.84. The summed E-state index contributed by atoms with van der Waals surface area (Å²) in [4.78, 5) is 12.7. The zero-order valence-corrected chi connectivity index (χ0v) is 10.3. The van der Waals surface area contributed by atoms with Gasteiger partial charge in [-0.15, -0.1) is 0 Å². The van der Waals surface area contributed by atoms with Crippen LogP contribution in [0.4, 0.5) is 5.69 Å². The fourth-order valence-corrected chi connectivity index (χ4v) is 2.30. The molecule has 0 unspecified atom stereocenters. The molecule has 0 saturated heterocycles. The molecule has 0 amide bonds. The summed E-state index contributed by atoms with van der Waals surface area (Å²) < 4.78 is 0. The van der Waals surface area contributed by atoms with Crippen molar-refractivity contribution in [3.8, 4) is 0 Å². The lowest BCUT2D eigenvalue weighted by Gasteiger charge is -2.29. The minimum Gasteiger partial charge on any atom is -0.298 e. The summed E-state index contributed by atoms with van der Waals surface area (Å²) in [6, 6.07) is 5.21. The molecule has 1 heterocycles. The van der Waals surface area contributed by atoms with Crippen LogP contribution in [0.1, 0.15) is 25.0 Å². The van der Waals surface area contributed by atoms with E-state index in [9.17, 15) is 10.1 Å². The van der Waals surface area contributed by atoms with Crippen molar-refractivity contribution in [2.75, 3.05) is 13.1 Å². The predicted molar refractivity (Wildman–Crippen MR) is 66.7 cm³/mol. The van der Waals surface area contributed by atoms with Crippen LogP contribution in [-0.4, -0.2) is 22.9 Å². The molecule has 0 atom stereocenters. The molecule has 0 fully saturated rings. The van der Waals surface area contributed by atoms with Crippen LogP contribution in [-0.2, 0) is 13.0 Å². The SMILES string of the molecule is C[C](C)CN1CCc2ccc([N+](=O)[O-])cc2C1. The van der Waals surface area contributed by atoms with E-state index >= 15 is 0 Å². The summed E-state index contributed by atoms with van der Waals surface area (Å²) in [5, 5.41) is 10.7. The van der Waals surface area contributed by atoms with Gasteiger partial charge in [-0.05, 0) is 23.5 Å². The number of nitro benzene ring substituents is 1. The molecule has 0 bridgehead atoms. The van der Waals surface area contributed by atoms with Crippen LogP contribution in [0, 0.1) is 16.0 Å². The van der Waals surface area contributed by atoms with Gasteiger partial charge in [0.05, 0.1) is 4.92 Å². The average molecular weight is 233 g/mol. The van der Waals surface area contributed by atoms with E-state index in [-0.39, 0.29) is 10.6 Å². The van der Waals surface area contributed by atoms with Crippen LogP contribution in [0.25, 0.3) is 0 Å². The summed E-state index contributed by atoms with van der Waals surface area (Å²) in [7, 11) is 0. The molecule has 0 aliphatic carbocycles. The zero-order chi connectivity index (χ0) is 12.4. The predicted octanol–water partition coefficient (Wildman–Crippen LogP) is 2.57. The summed E-state index contributed by atoms with van der Waals surface area (Å²) >= 11 is 0. The van der Waals surface area contributed by atoms with Crippen molar-refractivity contribution >= 4 is 5.69 Å². The minimum absolute atomic E-state index is 0.197. The lowest BCUT2D eigenvalue weighted by Crippen LogP contribution is -2.32. The van der Waals surface area contributed by atoms with E-state index in [4.69, 9.17) is 0 Å². The summed E-state index contributed by atoms with van der Waals surface area (Å²) in [5.41, 5.74) is 2.55. The quantitative estimate of drug-likeness (QED) is 0.595. The largest absolute Gasteiger partial charge is 0.298 e. The highest BCUT2D eigenvalue weighted by molar-refractivity contribution is 5.41. The van der Waals surface area contributed by atoms with Crippen molar-refractivity contribution < 1.29 is 4.92 Å². The monoisotopic (exact) mass is 233 g/mol. The second-order valence-corrected chi connectivity index (χ2v) is 4.88. The van der Waals surface area contributed by atoms with Gasteiger partial charge in [-0.1, -0.05) is 19.9 Å². The molecule has 2 rings (SSSR count). The molecule has 1 radical (unpaired) electrons. The molecule has 17 heavy (non-hydrogen) atoms. The number of nitro groups is 1. The Labute approximate surface area is 101 Å². The number of hydrogen-bond acceptors (Lipinski definition) is 3. The van der Waals surface area contributed by atoms with E-state index in [1.807, 2.05) is 6.07 Å². The highest BCUT2D eigenvalue weighted by Gasteiger charge is 2.19. The third-order valence-electron chi connectivity index (χ3n) is 3.03. The van der Waals surface area contributed by atoms with Crippen LogP contribution in [0.2, 0.25) is 0 Å². The first-order chi connectivity index (χ1) is 8.06. The molecule has 0 aromatic heterocycles. The van der Waals surface area contributed by atoms with E-state index in [1.54, 1.807) is 12.1 Å². The molecule has 4 heteroatoms. The van der Waals surface area contributed by atoms with Crippen molar-refractivity contribution in [2.45, 2.75) is 26.8 Å². The van der Waals surface area contributed by atoms with E-state index < -0.39 is 0 Å². The number of rotatable bonds is 3. The highest BCUT2D eigenvalue weighted by atomic mass is 16.6. The van der Waals surface area contributed by atoms with Gasteiger partial charge in [-0.25, -0.2) is 0 Å². The fraction of sp³-hybridized carbons (Fsp3) is 0.462. The molecule has 0 saturated carbocycles. The molecular formula is C13H17N2O2. The first-order valence-corrected chi connectivity index (χ1v) is 5.84. The van der Waals surface area contributed by atoms with Crippen molar-refractivity contribution in [3.63, 3.8) is 0 Å². The normalized spacial score (nSPS) is 15.9. The lowest BCUT2D eigenvalue weighted by atomic mass is 9.98. The Morgan fingerprint density at radius 2 is 2.18 bits per heavy atom. The van der Waals surface area contributed by atoms with Crippen LogP contribution in [0.15, 0.2) is 18.2 Å². The van der Waals surface area contributed by atoms with Gasteiger partial charge >= 0.3 is 0 Å². The van der Waals surface area contributed by atoms with Gasteiger partial charge in [0.25, 0.3) is 5.69 Å². The molecule has 0 spiro atoms. The maximum atomic E-state index is 10.7. The Morgan fingerprint density at radius 3 is 2.82 bits per heavy atom. The number of nitrogens with zero attached hydrogens (tertiary/aromatic N) is 2. The Bertz CT molecular complexity index is 429. The number of hydrogen-bond donors (Lipinski definition) is 0. The average Bonchev–Trinajstić information content (AvgIpc) is 2.27. The van der Waals surface area contributed by atoms with Crippen LogP contribution in [0.5, 0.6) is 0 Å². The first kappa shape index (κ1) is 12.0. The molecule has 1 aliphatic heterocycles. The zero-order valence-electron chi connectivity index (χ0n) is 10.3. The number of non-ortho nitro benzene ring substituents is 1. The smallest absolute Gasteiger partial charge is 0.269 e. The van der Waals surface area contributed by atoms with Crippen molar-refractivity contribution in [2.24, 2.45) is 0 Å². The van der Waals surface area contributed by atoms with Gasteiger partial charge in [0, 0.05) is 31.8 Å². The van der Waals surface area contributed by atoms with Crippen LogP contribution in [0.3, 0.4) is 0 Å². The van der Waals surface area contributed by atoms with Crippen molar-refractivity contribution in [1.82, 2.24) is 4.90 Å². The maximum absolute atomic E-state index is 10.7. The van der Waals surface area contributed by atoms with Crippen LogP contribution >= 0.6 is 0 Å². The van der Waals surface area contributed by atoms with Crippen LogP contribution < -0.4 is 0 Å². The third kappa shape index (κ3) is 2.82. The topological polar surface area (TPSA) is 46.4 Å².